The summed E-state index contributed by atoms with van der Waals surface area (Å²) in [5, 5.41) is 7.60. The van der Waals surface area contributed by atoms with Crippen molar-refractivity contribution in [2.24, 2.45) is 0 Å². The fraction of sp³-hybridized carbons (Fsp3) is 0.333. The van der Waals surface area contributed by atoms with Crippen molar-refractivity contribution in [1.82, 2.24) is 5.32 Å². The highest BCUT2D eigenvalue weighted by Gasteiger charge is 2.09. The first-order chi connectivity index (χ1) is 8.38. The third-order valence-corrected chi connectivity index (χ3v) is 1.96. The van der Waals surface area contributed by atoms with Crippen molar-refractivity contribution in [3.05, 3.63) is 24.0 Å². The monoisotopic (exact) mass is 253 g/mol. The SMILES string of the molecule is CC(=O)Nc1ccc(F)cc1NC(=O)NC(C)C. The molecular formula is C12H16FN3O2. The molecule has 0 saturated heterocycles. The molecule has 0 aromatic heterocycles. The van der Waals surface area contributed by atoms with Crippen molar-refractivity contribution in [3.8, 4) is 0 Å². The Kier molecular flexibility index (Phi) is 4.65. The van der Waals surface area contributed by atoms with Gasteiger partial charge in [0.2, 0.25) is 5.91 Å². The van der Waals surface area contributed by atoms with Crippen LogP contribution in [0.3, 0.4) is 0 Å². The van der Waals surface area contributed by atoms with Gasteiger partial charge >= 0.3 is 6.03 Å². The van der Waals surface area contributed by atoms with Gasteiger partial charge in [0, 0.05) is 13.0 Å². The molecule has 0 bridgehead atoms. The smallest absolute Gasteiger partial charge is 0.319 e. The molecule has 3 amide bonds. The van der Waals surface area contributed by atoms with Crippen LogP contribution in [0.5, 0.6) is 0 Å². The molecule has 0 heterocycles. The Labute approximate surface area is 105 Å². The Morgan fingerprint density at radius 1 is 1.17 bits per heavy atom. The lowest BCUT2D eigenvalue weighted by Crippen LogP contribution is -2.34. The lowest BCUT2D eigenvalue weighted by Gasteiger charge is -2.13. The molecule has 0 saturated carbocycles. The number of urea groups is 1. The second-order valence-electron chi connectivity index (χ2n) is 4.12. The largest absolute Gasteiger partial charge is 0.336 e. The molecule has 1 aromatic carbocycles. The first-order valence-electron chi connectivity index (χ1n) is 5.53. The number of hydrogen-bond acceptors (Lipinski definition) is 2. The minimum Gasteiger partial charge on any atom is -0.336 e. The van der Waals surface area contributed by atoms with Crippen molar-refractivity contribution in [3.63, 3.8) is 0 Å². The van der Waals surface area contributed by atoms with E-state index in [0.29, 0.717) is 5.69 Å². The summed E-state index contributed by atoms with van der Waals surface area (Å²) in [5.41, 5.74) is 0.561. The van der Waals surface area contributed by atoms with Crippen molar-refractivity contribution in [2.75, 3.05) is 10.6 Å². The summed E-state index contributed by atoms with van der Waals surface area (Å²) in [6, 6.07) is 3.24. The zero-order valence-corrected chi connectivity index (χ0v) is 10.5. The van der Waals surface area contributed by atoms with Gasteiger partial charge < -0.3 is 16.0 Å². The van der Waals surface area contributed by atoms with E-state index < -0.39 is 11.8 Å². The molecule has 5 nitrogen and oxygen atoms in total. The second-order valence-corrected chi connectivity index (χ2v) is 4.12. The third kappa shape index (κ3) is 4.40. The lowest BCUT2D eigenvalue weighted by atomic mass is 10.2. The van der Waals surface area contributed by atoms with Gasteiger partial charge in [-0.15, -0.1) is 0 Å². The summed E-state index contributed by atoms with van der Waals surface area (Å²) in [6.07, 6.45) is 0. The summed E-state index contributed by atoms with van der Waals surface area (Å²) in [7, 11) is 0. The maximum atomic E-state index is 13.1. The van der Waals surface area contributed by atoms with E-state index in [9.17, 15) is 14.0 Å². The highest BCUT2D eigenvalue weighted by atomic mass is 19.1. The number of carbonyl (C=O) groups is 2. The fourth-order valence-electron chi connectivity index (χ4n) is 1.34. The van der Waals surface area contributed by atoms with Crippen LogP contribution >= 0.6 is 0 Å². The summed E-state index contributed by atoms with van der Waals surface area (Å²) in [6.45, 7) is 4.95. The number of anilines is 2. The van der Waals surface area contributed by atoms with Crippen LogP contribution in [0.4, 0.5) is 20.6 Å². The van der Waals surface area contributed by atoms with Crippen LogP contribution in [-0.2, 0) is 4.79 Å². The van der Waals surface area contributed by atoms with Gasteiger partial charge in [0.05, 0.1) is 11.4 Å². The summed E-state index contributed by atoms with van der Waals surface area (Å²) in [5.74, 6) is -0.794. The van der Waals surface area contributed by atoms with Crippen molar-refractivity contribution in [2.45, 2.75) is 26.8 Å². The number of amides is 3. The van der Waals surface area contributed by atoms with Crippen LogP contribution in [0.15, 0.2) is 18.2 Å². The average molecular weight is 253 g/mol. The quantitative estimate of drug-likeness (QED) is 0.773. The summed E-state index contributed by atoms with van der Waals surface area (Å²) < 4.78 is 13.1. The average Bonchev–Trinajstić information content (AvgIpc) is 2.20. The Hall–Kier alpha value is -2.11. The Bertz CT molecular complexity index is 461. The number of benzene rings is 1. The Morgan fingerprint density at radius 2 is 1.83 bits per heavy atom. The first kappa shape index (κ1) is 14.0. The maximum absolute atomic E-state index is 13.1. The normalized spacial score (nSPS) is 10.1. The highest BCUT2D eigenvalue weighted by molar-refractivity contribution is 5.98. The highest BCUT2D eigenvalue weighted by Crippen LogP contribution is 2.22. The molecule has 6 heteroatoms. The standard InChI is InChI=1S/C12H16FN3O2/c1-7(2)14-12(18)16-11-6-9(13)4-5-10(11)15-8(3)17/h4-7H,1-3H3,(H,15,17)(H2,14,16,18). The zero-order chi connectivity index (χ0) is 13.7. The van der Waals surface area contributed by atoms with Gasteiger partial charge in [-0.05, 0) is 32.0 Å². The van der Waals surface area contributed by atoms with Crippen molar-refractivity contribution >= 4 is 23.3 Å². The van der Waals surface area contributed by atoms with E-state index in [1.54, 1.807) is 13.8 Å². The number of hydrogen-bond donors (Lipinski definition) is 3. The molecule has 3 N–H and O–H groups in total. The molecule has 0 spiro atoms. The van der Waals surface area contributed by atoms with E-state index in [2.05, 4.69) is 16.0 Å². The topological polar surface area (TPSA) is 70.2 Å². The van der Waals surface area contributed by atoms with E-state index >= 15 is 0 Å². The molecule has 0 radical (unpaired) electrons. The molecule has 0 aliphatic heterocycles. The van der Waals surface area contributed by atoms with E-state index in [0.717, 1.165) is 6.07 Å². The molecular weight excluding hydrogens is 237 g/mol. The minimum absolute atomic E-state index is 0.0391. The molecule has 0 unspecified atom stereocenters. The van der Waals surface area contributed by atoms with Crippen LogP contribution < -0.4 is 16.0 Å². The molecule has 0 atom stereocenters. The zero-order valence-electron chi connectivity index (χ0n) is 10.5. The lowest BCUT2D eigenvalue weighted by molar-refractivity contribution is -0.114. The number of carbonyl (C=O) groups excluding carboxylic acids is 2. The van der Waals surface area contributed by atoms with Crippen LogP contribution in [-0.4, -0.2) is 18.0 Å². The fourth-order valence-corrected chi connectivity index (χ4v) is 1.34. The maximum Gasteiger partial charge on any atom is 0.319 e. The first-order valence-corrected chi connectivity index (χ1v) is 5.53. The molecule has 18 heavy (non-hydrogen) atoms. The van der Waals surface area contributed by atoms with E-state index in [1.807, 2.05) is 0 Å². The molecule has 1 aromatic rings. The van der Waals surface area contributed by atoms with Crippen LogP contribution in [0, 0.1) is 5.82 Å². The van der Waals surface area contributed by atoms with Gasteiger partial charge in [-0.3, -0.25) is 4.79 Å². The van der Waals surface area contributed by atoms with Gasteiger partial charge in [-0.2, -0.15) is 0 Å². The molecule has 1 rings (SSSR count). The van der Waals surface area contributed by atoms with Crippen LogP contribution in [0.25, 0.3) is 0 Å². The van der Waals surface area contributed by atoms with Crippen molar-refractivity contribution < 1.29 is 14.0 Å². The molecule has 0 fully saturated rings. The second kappa shape index (κ2) is 6.00. The third-order valence-electron chi connectivity index (χ3n) is 1.96. The van der Waals surface area contributed by atoms with Gasteiger partial charge in [0.15, 0.2) is 0 Å². The van der Waals surface area contributed by atoms with Crippen LogP contribution in [0.1, 0.15) is 20.8 Å². The van der Waals surface area contributed by atoms with Gasteiger partial charge in [-0.1, -0.05) is 0 Å². The number of rotatable bonds is 3. The molecule has 0 aliphatic carbocycles. The van der Waals surface area contributed by atoms with Gasteiger partial charge in [0.1, 0.15) is 5.82 Å². The Morgan fingerprint density at radius 3 is 2.39 bits per heavy atom. The Balaban J connectivity index is 2.88. The van der Waals surface area contributed by atoms with E-state index in [4.69, 9.17) is 0 Å². The van der Waals surface area contributed by atoms with Crippen molar-refractivity contribution in [1.29, 1.82) is 0 Å². The number of halogens is 1. The summed E-state index contributed by atoms with van der Waals surface area (Å²) in [4.78, 5) is 22.5. The minimum atomic E-state index is -0.496. The predicted octanol–water partition coefficient (Wildman–Crippen LogP) is 2.31. The predicted molar refractivity (Wildman–Crippen MR) is 68.0 cm³/mol. The van der Waals surface area contributed by atoms with Crippen LogP contribution in [0.2, 0.25) is 0 Å². The molecule has 0 aliphatic rings. The molecule has 98 valence electrons. The van der Waals surface area contributed by atoms with Gasteiger partial charge in [0.25, 0.3) is 0 Å². The van der Waals surface area contributed by atoms with Gasteiger partial charge in [-0.25, -0.2) is 9.18 Å². The van der Waals surface area contributed by atoms with E-state index in [-0.39, 0.29) is 17.6 Å². The number of nitrogens with one attached hydrogen (secondary N) is 3. The summed E-state index contributed by atoms with van der Waals surface area (Å²) >= 11 is 0. The van der Waals surface area contributed by atoms with E-state index in [1.165, 1.54) is 19.1 Å².